The second-order valence-corrected chi connectivity index (χ2v) is 10.8. The largest absolute Gasteiger partial charge is 0.469 e. The van der Waals surface area contributed by atoms with Crippen LogP contribution in [0.2, 0.25) is 0 Å². The van der Waals surface area contributed by atoms with E-state index in [0.717, 1.165) is 31.6 Å². The minimum Gasteiger partial charge on any atom is -0.382 e. The van der Waals surface area contributed by atoms with Crippen molar-refractivity contribution in [1.29, 1.82) is 0 Å². The number of hydrogen-bond donors (Lipinski definition) is 3. The summed E-state index contributed by atoms with van der Waals surface area (Å²) < 4.78 is 21.0. The molecule has 7 heteroatoms. The number of ether oxygens (including phenoxy) is 1. The van der Waals surface area contributed by atoms with Gasteiger partial charge in [0, 0.05) is 12.6 Å². The topological polar surface area (TPSA) is 102 Å². The first-order valence-corrected chi connectivity index (χ1v) is 12.8. The molecule has 0 bridgehead atoms. The first-order chi connectivity index (χ1) is 14.2. The first-order valence-electron chi connectivity index (χ1n) is 11.3. The van der Waals surface area contributed by atoms with Crippen LogP contribution < -0.4 is 5.73 Å². The minimum absolute atomic E-state index is 0.0937. The van der Waals surface area contributed by atoms with Crippen LogP contribution in [0.15, 0.2) is 18.2 Å². The highest BCUT2D eigenvalue weighted by Gasteiger charge is 2.38. The van der Waals surface area contributed by atoms with Crippen LogP contribution in [-0.4, -0.2) is 35.1 Å². The lowest BCUT2D eigenvalue weighted by Gasteiger charge is -2.27. The lowest BCUT2D eigenvalue weighted by atomic mass is 9.79. The number of phosphoric acid groups is 1. The average molecular weight is 440 g/mol. The number of nitrogens with two attached hydrogens (primary N) is 1. The lowest BCUT2D eigenvalue weighted by Crippen LogP contribution is -2.41. The third-order valence-electron chi connectivity index (χ3n) is 7.07. The zero-order valence-electron chi connectivity index (χ0n) is 18.4. The Balaban J connectivity index is 1.51. The van der Waals surface area contributed by atoms with Gasteiger partial charge in [-0.1, -0.05) is 37.5 Å². The highest BCUT2D eigenvalue weighted by atomic mass is 31.2. The van der Waals surface area contributed by atoms with Crippen LogP contribution in [0.4, 0.5) is 0 Å². The molecule has 6 nitrogen and oxygen atoms in total. The SMILES string of the molecule is COC(C)CCCC[C@H]1CCc2cc([C@H]3CC[C@](N)(COP(=O)(O)O)C3)ccc2C1. The van der Waals surface area contributed by atoms with E-state index in [1.807, 2.05) is 0 Å². The Morgan fingerprint density at radius 1 is 1.27 bits per heavy atom. The van der Waals surface area contributed by atoms with Gasteiger partial charge in [-0.05, 0) is 80.4 Å². The van der Waals surface area contributed by atoms with Gasteiger partial charge >= 0.3 is 7.82 Å². The molecule has 4 atom stereocenters. The molecule has 0 aliphatic heterocycles. The maximum Gasteiger partial charge on any atom is 0.469 e. The van der Waals surface area contributed by atoms with E-state index in [1.54, 1.807) is 7.11 Å². The summed E-state index contributed by atoms with van der Waals surface area (Å²) in [5, 5.41) is 0. The molecule has 2 aliphatic carbocycles. The van der Waals surface area contributed by atoms with E-state index in [0.29, 0.717) is 18.4 Å². The Hall–Kier alpha value is -0.750. The molecule has 170 valence electrons. The number of unbranched alkanes of at least 4 members (excludes halogenated alkanes) is 1. The number of aryl methyl sites for hydroxylation is 1. The average Bonchev–Trinajstić information content (AvgIpc) is 3.11. The van der Waals surface area contributed by atoms with Gasteiger partial charge in [-0.2, -0.15) is 0 Å². The predicted molar refractivity (Wildman–Crippen MR) is 118 cm³/mol. The number of phosphoric ester groups is 1. The van der Waals surface area contributed by atoms with E-state index in [2.05, 4.69) is 25.1 Å². The summed E-state index contributed by atoms with van der Waals surface area (Å²) in [4.78, 5) is 17.9. The van der Waals surface area contributed by atoms with Crippen molar-refractivity contribution in [1.82, 2.24) is 0 Å². The number of rotatable bonds is 10. The molecule has 0 spiro atoms. The lowest BCUT2D eigenvalue weighted by molar-refractivity contribution is 0.108. The van der Waals surface area contributed by atoms with E-state index >= 15 is 0 Å². The third kappa shape index (κ3) is 6.88. The van der Waals surface area contributed by atoms with Crippen LogP contribution in [0.5, 0.6) is 0 Å². The van der Waals surface area contributed by atoms with Crippen molar-refractivity contribution in [3.05, 3.63) is 34.9 Å². The molecular weight excluding hydrogens is 401 g/mol. The Labute approximate surface area is 180 Å². The summed E-state index contributed by atoms with van der Waals surface area (Å²) in [5.41, 5.74) is 9.97. The fourth-order valence-corrected chi connectivity index (χ4v) is 5.54. The quantitative estimate of drug-likeness (QED) is 0.367. The fourth-order valence-electron chi connectivity index (χ4n) is 5.12. The molecule has 1 aromatic rings. The van der Waals surface area contributed by atoms with Crippen LogP contribution in [0.1, 0.15) is 80.9 Å². The van der Waals surface area contributed by atoms with Gasteiger partial charge < -0.3 is 20.3 Å². The third-order valence-corrected chi connectivity index (χ3v) is 7.54. The molecular formula is C23H38NO5P. The highest BCUT2D eigenvalue weighted by Crippen LogP contribution is 2.44. The van der Waals surface area contributed by atoms with Gasteiger partial charge in [0.05, 0.1) is 12.7 Å². The Morgan fingerprint density at radius 3 is 2.80 bits per heavy atom. The maximum absolute atomic E-state index is 11.0. The normalized spacial score (nSPS) is 27.8. The molecule has 0 amide bonds. The second-order valence-electron chi connectivity index (χ2n) is 9.53. The molecule has 0 radical (unpaired) electrons. The maximum atomic E-state index is 11.0. The van der Waals surface area contributed by atoms with Gasteiger partial charge in [0.25, 0.3) is 0 Å². The summed E-state index contributed by atoms with van der Waals surface area (Å²) in [6.45, 7) is 2.04. The van der Waals surface area contributed by atoms with E-state index < -0.39 is 13.4 Å². The Morgan fingerprint density at radius 2 is 2.07 bits per heavy atom. The molecule has 1 saturated carbocycles. The van der Waals surface area contributed by atoms with E-state index in [-0.39, 0.29) is 6.61 Å². The smallest absolute Gasteiger partial charge is 0.382 e. The van der Waals surface area contributed by atoms with E-state index in [9.17, 15) is 4.57 Å². The van der Waals surface area contributed by atoms with Gasteiger partial charge in [-0.15, -0.1) is 0 Å². The summed E-state index contributed by atoms with van der Waals surface area (Å²) in [5.74, 6) is 1.12. The molecule has 1 unspecified atom stereocenters. The number of benzene rings is 1. The molecule has 1 fully saturated rings. The van der Waals surface area contributed by atoms with Crippen LogP contribution in [0.25, 0.3) is 0 Å². The van der Waals surface area contributed by atoms with Crippen molar-refractivity contribution < 1.29 is 23.6 Å². The fraction of sp³-hybridized carbons (Fsp3) is 0.739. The van der Waals surface area contributed by atoms with E-state index in [1.165, 1.54) is 48.8 Å². The van der Waals surface area contributed by atoms with Gasteiger partial charge in [0.15, 0.2) is 0 Å². The zero-order chi connectivity index (χ0) is 21.8. The van der Waals surface area contributed by atoms with Crippen molar-refractivity contribution in [2.24, 2.45) is 11.7 Å². The second kappa shape index (κ2) is 10.2. The monoisotopic (exact) mass is 439 g/mol. The van der Waals surface area contributed by atoms with Crippen LogP contribution in [-0.2, 0) is 26.7 Å². The Bertz CT molecular complexity index is 751. The molecule has 4 N–H and O–H groups in total. The predicted octanol–water partition coefficient (Wildman–Crippen LogP) is 4.46. The van der Waals surface area contributed by atoms with E-state index in [4.69, 9.17) is 24.8 Å². The molecule has 0 aromatic heterocycles. The molecule has 0 heterocycles. The standard InChI is InChI=1S/C23H38NO5P/c1-17(28-2)5-3-4-6-18-7-8-20-14-21(10-9-19(20)13-18)22-11-12-23(24,15-22)16-29-30(25,26)27/h9-10,14,17-18,22H,3-8,11-13,15-16,24H2,1-2H3,(H2,25,26,27)/t17?,18-,22-,23+/m0/s1. The number of methoxy groups -OCH3 is 1. The highest BCUT2D eigenvalue weighted by molar-refractivity contribution is 7.46. The molecule has 1 aromatic carbocycles. The minimum atomic E-state index is -4.48. The molecule has 2 aliphatic rings. The van der Waals surface area contributed by atoms with Crippen molar-refractivity contribution in [3.63, 3.8) is 0 Å². The van der Waals surface area contributed by atoms with Gasteiger partial charge in [0.1, 0.15) is 0 Å². The van der Waals surface area contributed by atoms with Gasteiger partial charge in [-0.25, -0.2) is 4.57 Å². The number of fused-ring (bicyclic) bond motifs is 1. The van der Waals surface area contributed by atoms with Crippen LogP contribution in [0.3, 0.4) is 0 Å². The number of hydrogen-bond acceptors (Lipinski definition) is 4. The molecule has 3 rings (SSSR count). The van der Waals surface area contributed by atoms with Crippen molar-refractivity contribution >= 4 is 7.82 Å². The van der Waals surface area contributed by atoms with Crippen molar-refractivity contribution in [2.45, 2.75) is 88.7 Å². The van der Waals surface area contributed by atoms with Crippen molar-refractivity contribution in [3.8, 4) is 0 Å². The summed E-state index contributed by atoms with van der Waals surface area (Å²) in [6, 6.07) is 6.89. The first kappa shape index (κ1) is 23.9. The van der Waals surface area contributed by atoms with Crippen LogP contribution in [0, 0.1) is 5.92 Å². The van der Waals surface area contributed by atoms with Gasteiger partial charge in [-0.3, -0.25) is 4.52 Å². The van der Waals surface area contributed by atoms with Crippen molar-refractivity contribution in [2.75, 3.05) is 13.7 Å². The summed E-state index contributed by atoms with van der Waals surface area (Å²) in [7, 11) is -2.69. The Kier molecular flexibility index (Phi) is 8.16. The summed E-state index contributed by atoms with van der Waals surface area (Å²) >= 11 is 0. The molecule has 0 saturated heterocycles. The summed E-state index contributed by atoms with van der Waals surface area (Å²) in [6.07, 6.45) is 11.3. The molecule has 30 heavy (non-hydrogen) atoms. The van der Waals surface area contributed by atoms with Gasteiger partial charge in [0.2, 0.25) is 0 Å². The van der Waals surface area contributed by atoms with Crippen LogP contribution >= 0.6 is 7.82 Å². The zero-order valence-corrected chi connectivity index (χ0v) is 19.3.